The Morgan fingerprint density at radius 1 is 1.33 bits per heavy atom. The molecular formula is C11H11BrN2O2S2. The van der Waals surface area contributed by atoms with Crippen molar-refractivity contribution >= 4 is 42.2 Å². The van der Waals surface area contributed by atoms with Crippen LogP contribution in [0.25, 0.3) is 0 Å². The molecule has 7 heteroatoms. The minimum Gasteiger partial charge on any atom is -0.357 e. The van der Waals surface area contributed by atoms with E-state index in [0.29, 0.717) is 11.4 Å². The Bertz CT molecular complexity index is 635. The first-order valence-electron chi connectivity index (χ1n) is 5.09. The lowest BCUT2D eigenvalue weighted by molar-refractivity contribution is 0.602. The van der Waals surface area contributed by atoms with E-state index in [-0.39, 0.29) is 0 Å². The van der Waals surface area contributed by atoms with Crippen LogP contribution in [0, 0.1) is 0 Å². The number of aromatic nitrogens is 1. The standard InChI is InChI=1S/C11H11BrN2O2S2/c1-18(15,16)9-4-2-8(3-5-9)6-13-11-14-10(12)7-17-11/h2-5,7H,6H2,1H3,(H,13,14). The fourth-order valence-electron chi connectivity index (χ4n) is 1.37. The zero-order valence-corrected chi connectivity index (χ0v) is 12.8. The Hall–Kier alpha value is -0.920. The minimum absolute atomic E-state index is 0.336. The van der Waals surface area contributed by atoms with E-state index in [1.165, 1.54) is 17.6 Å². The van der Waals surface area contributed by atoms with Crippen LogP contribution in [-0.4, -0.2) is 19.7 Å². The van der Waals surface area contributed by atoms with Crippen LogP contribution in [0.2, 0.25) is 0 Å². The molecule has 0 spiro atoms. The van der Waals surface area contributed by atoms with Gasteiger partial charge in [-0.15, -0.1) is 11.3 Å². The number of rotatable bonds is 4. The number of hydrogen-bond acceptors (Lipinski definition) is 5. The highest BCUT2D eigenvalue weighted by Gasteiger charge is 2.06. The van der Waals surface area contributed by atoms with E-state index in [1.54, 1.807) is 24.3 Å². The van der Waals surface area contributed by atoms with Gasteiger partial charge in [0.1, 0.15) is 4.60 Å². The van der Waals surface area contributed by atoms with Crippen molar-refractivity contribution in [2.45, 2.75) is 11.4 Å². The van der Waals surface area contributed by atoms with Crippen molar-refractivity contribution < 1.29 is 8.42 Å². The molecule has 18 heavy (non-hydrogen) atoms. The lowest BCUT2D eigenvalue weighted by atomic mass is 10.2. The van der Waals surface area contributed by atoms with Crippen LogP contribution in [-0.2, 0) is 16.4 Å². The van der Waals surface area contributed by atoms with E-state index in [9.17, 15) is 8.42 Å². The maximum absolute atomic E-state index is 11.3. The van der Waals surface area contributed by atoms with Crippen LogP contribution < -0.4 is 5.32 Å². The molecule has 0 aliphatic carbocycles. The van der Waals surface area contributed by atoms with Gasteiger partial charge < -0.3 is 5.32 Å². The summed E-state index contributed by atoms with van der Waals surface area (Å²) in [4.78, 5) is 4.55. The largest absolute Gasteiger partial charge is 0.357 e. The van der Waals surface area contributed by atoms with Gasteiger partial charge in [-0.05, 0) is 33.6 Å². The molecule has 0 aliphatic heterocycles. The van der Waals surface area contributed by atoms with E-state index in [4.69, 9.17) is 0 Å². The molecule has 0 fully saturated rings. The van der Waals surface area contributed by atoms with E-state index in [0.717, 1.165) is 15.3 Å². The van der Waals surface area contributed by atoms with Crippen LogP contribution in [0.5, 0.6) is 0 Å². The summed E-state index contributed by atoms with van der Waals surface area (Å²) >= 11 is 4.79. The summed E-state index contributed by atoms with van der Waals surface area (Å²) in [6.45, 7) is 0.615. The van der Waals surface area contributed by atoms with Crippen molar-refractivity contribution in [1.29, 1.82) is 0 Å². The van der Waals surface area contributed by atoms with Gasteiger partial charge in [-0.3, -0.25) is 0 Å². The lowest BCUT2D eigenvalue weighted by Crippen LogP contribution is -2.01. The monoisotopic (exact) mass is 346 g/mol. The van der Waals surface area contributed by atoms with E-state index in [2.05, 4.69) is 26.2 Å². The third-order valence-corrected chi connectivity index (χ3v) is 4.91. The quantitative estimate of drug-likeness (QED) is 0.924. The van der Waals surface area contributed by atoms with E-state index >= 15 is 0 Å². The smallest absolute Gasteiger partial charge is 0.184 e. The van der Waals surface area contributed by atoms with Gasteiger partial charge in [-0.1, -0.05) is 12.1 Å². The summed E-state index contributed by atoms with van der Waals surface area (Å²) in [7, 11) is -3.12. The van der Waals surface area contributed by atoms with E-state index < -0.39 is 9.84 Å². The van der Waals surface area contributed by atoms with Crippen LogP contribution in [0.4, 0.5) is 5.13 Å². The zero-order valence-electron chi connectivity index (χ0n) is 9.55. The molecule has 1 N–H and O–H groups in total. The average molecular weight is 347 g/mol. The molecule has 1 heterocycles. The fraction of sp³-hybridized carbons (Fsp3) is 0.182. The molecule has 0 unspecified atom stereocenters. The first kappa shape index (κ1) is 13.5. The van der Waals surface area contributed by atoms with Crippen LogP contribution in [0.15, 0.2) is 39.1 Å². The van der Waals surface area contributed by atoms with Gasteiger partial charge in [0.05, 0.1) is 4.90 Å². The van der Waals surface area contributed by atoms with Crippen molar-refractivity contribution in [2.24, 2.45) is 0 Å². The Labute approximate surface area is 118 Å². The van der Waals surface area contributed by atoms with Gasteiger partial charge in [0.25, 0.3) is 0 Å². The highest BCUT2D eigenvalue weighted by atomic mass is 79.9. The molecule has 2 aromatic rings. The maximum Gasteiger partial charge on any atom is 0.184 e. The second kappa shape index (κ2) is 5.38. The molecule has 0 aliphatic rings. The first-order valence-corrected chi connectivity index (χ1v) is 8.65. The van der Waals surface area contributed by atoms with Crippen molar-refractivity contribution in [1.82, 2.24) is 4.98 Å². The fourth-order valence-corrected chi connectivity index (χ4v) is 3.14. The Kier molecular flexibility index (Phi) is 4.04. The predicted molar refractivity (Wildman–Crippen MR) is 76.7 cm³/mol. The number of halogens is 1. The summed E-state index contributed by atoms with van der Waals surface area (Å²) < 4.78 is 23.4. The van der Waals surface area contributed by atoms with Crippen LogP contribution in [0.3, 0.4) is 0 Å². The highest BCUT2D eigenvalue weighted by Crippen LogP contribution is 2.20. The number of anilines is 1. The summed E-state index contributed by atoms with van der Waals surface area (Å²) in [6, 6.07) is 6.83. The Morgan fingerprint density at radius 2 is 2.00 bits per heavy atom. The summed E-state index contributed by atoms with van der Waals surface area (Å²) in [5.41, 5.74) is 1.01. The van der Waals surface area contributed by atoms with Gasteiger partial charge in [-0.2, -0.15) is 0 Å². The number of thiazole rings is 1. The van der Waals surface area contributed by atoms with Crippen molar-refractivity contribution in [3.63, 3.8) is 0 Å². The third kappa shape index (κ3) is 3.54. The van der Waals surface area contributed by atoms with Gasteiger partial charge >= 0.3 is 0 Å². The number of hydrogen-bond donors (Lipinski definition) is 1. The van der Waals surface area contributed by atoms with Crippen molar-refractivity contribution in [3.8, 4) is 0 Å². The lowest BCUT2D eigenvalue weighted by Gasteiger charge is -2.04. The SMILES string of the molecule is CS(=O)(=O)c1ccc(CNc2nc(Br)cs2)cc1. The van der Waals surface area contributed by atoms with Crippen LogP contribution >= 0.6 is 27.3 Å². The zero-order chi connectivity index (χ0) is 13.2. The topological polar surface area (TPSA) is 59.1 Å². The van der Waals surface area contributed by atoms with Gasteiger partial charge in [0.2, 0.25) is 0 Å². The number of sulfone groups is 1. The van der Waals surface area contributed by atoms with Crippen LogP contribution in [0.1, 0.15) is 5.56 Å². The first-order chi connectivity index (χ1) is 8.45. The normalized spacial score (nSPS) is 11.4. The Balaban J connectivity index is 2.03. The van der Waals surface area contributed by atoms with Crippen molar-refractivity contribution in [2.75, 3.05) is 11.6 Å². The number of nitrogens with one attached hydrogen (secondary N) is 1. The number of benzene rings is 1. The van der Waals surface area contributed by atoms with Gasteiger partial charge in [0.15, 0.2) is 15.0 Å². The molecule has 0 atom stereocenters. The molecule has 1 aromatic carbocycles. The van der Waals surface area contributed by atoms with Gasteiger partial charge in [-0.25, -0.2) is 13.4 Å². The Morgan fingerprint density at radius 3 is 2.50 bits per heavy atom. The molecule has 96 valence electrons. The highest BCUT2D eigenvalue weighted by molar-refractivity contribution is 9.10. The third-order valence-electron chi connectivity index (χ3n) is 2.27. The minimum atomic E-state index is -3.12. The molecule has 0 amide bonds. The summed E-state index contributed by atoms with van der Waals surface area (Å²) in [6.07, 6.45) is 1.20. The molecular weight excluding hydrogens is 336 g/mol. The second-order valence-corrected chi connectivity index (χ2v) is 7.43. The summed E-state index contributed by atoms with van der Waals surface area (Å²) in [5.74, 6) is 0. The number of nitrogens with zero attached hydrogens (tertiary/aromatic N) is 1. The maximum atomic E-state index is 11.3. The predicted octanol–water partition coefficient (Wildman–Crippen LogP) is 2.92. The van der Waals surface area contributed by atoms with E-state index in [1.807, 2.05) is 5.38 Å². The molecule has 2 rings (SSSR count). The van der Waals surface area contributed by atoms with Crippen molar-refractivity contribution in [3.05, 3.63) is 39.8 Å². The average Bonchev–Trinajstić information content (AvgIpc) is 2.72. The second-order valence-electron chi connectivity index (χ2n) is 3.75. The molecule has 0 radical (unpaired) electrons. The summed E-state index contributed by atoms with van der Waals surface area (Å²) in [5, 5.41) is 5.89. The molecule has 0 saturated heterocycles. The molecule has 0 saturated carbocycles. The van der Waals surface area contributed by atoms with Gasteiger partial charge in [0, 0.05) is 18.2 Å². The molecule has 0 bridgehead atoms. The molecule has 1 aromatic heterocycles. The molecule has 4 nitrogen and oxygen atoms in total.